The average Bonchev–Trinajstić information content (AvgIpc) is 2.28. The van der Waals surface area contributed by atoms with Crippen LogP contribution < -0.4 is 0 Å². The van der Waals surface area contributed by atoms with E-state index in [1.54, 1.807) is 24.3 Å². The van der Waals surface area contributed by atoms with Crippen LogP contribution in [-0.4, -0.2) is 22.6 Å². The maximum Gasteiger partial charge on any atom is 0.335 e. The summed E-state index contributed by atoms with van der Waals surface area (Å²) in [5.41, 5.74) is 1.39. The Hall–Kier alpha value is -1.94. The summed E-state index contributed by atoms with van der Waals surface area (Å²) in [7, 11) is 0. The molecule has 0 aliphatic rings. The molecule has 1 aromatic carbocycles. The highest BCUT2D eigenvalue weighted by Gasteiger charge is 2.35. The molecule has 0 bridgehead atoms. The lowest BCUT2D eigenvalue weighted by molar-refractivity contribution is -0.179. The molecule has 1 rings (SSSR count). The number of rotatable bonds is 4. The Kier molecular flexibility index (Phi) is 4.03. The predicted molar refractivity (Wildman–Crippen MR) is 67.0 cm³/mol. The largest absolute Gasteiger partial charge is 0.422 e. The third-order valence-electron chi connectivity index (χ3n) is 2.37. The van der Waals surface area contributed by atoms with Gasteiger partial charge in [-0.3, -0.25) is 4.79 Å². The third-order valence-corrected chi connectivity index (χ3v) is 2.37. The second-order valence-corrected chi connectivity index (χ2v) is 4.35. The minimum atomic E-state index is -2.19. The minimum Gasteiger partial charge on any atom is -0.422 e. The monoisotopic (exact) mass is 248 g/mol. The third kappa shape index (κ3) is 3.28. The van der Waals surface area contributed by atoms with Gasteiger partial charge in [-0.15, -0.1) is 0 Å². The van der Waals surface area contributed by atoms with Crippen LogP contribution in [0.4, 0.5) is 0 Å². The molecule has 96 valence electrons. The summed E-state index contributed by atoms with van der Waals surface area (Å²) >= 11 is 0. The van der Waals surface area contributed by atoms with Gasteiger partial charge in [0.2, 0.25) is 5.78 Å². The first-order valence-corrected chi connectivity index (χ1v) is 5.47. The fourth-order valence-corrected chi connectivity index (χ4v) is 1.29. The van der Waals surface area contributed by atoms with Gasteiger partial charge >= 0.3 is 5.97 Å². The molecule has 1 atom stereocenters. The molecule has 0 aliphatic carbocycles. The highest BCUT2D eigenvalue weighted by molar-refractivity contribution is 6.02. The molecule has 4 nitrogen and oxygen atoms in total. The molecular formula is C14H16O4. The van der Waals surface area contributed by atoms with E-state index in [1.165, 1.54) is 6.92 Å². The van der Waals surface area contributed by atoms with Gasteiger partial charge in [-0.2, -0.15) is 0 Å². The number of ketones is 1. The molecule has 0 aliphatic heterocycles. The van der Waals surface area contributed by atoms with E-state index in [0.717, 1.165) is 12.5 Å². The maximum absolute atomic E-state index is 12.0. The van der Waals surface area contributed by atoms with Crippen molar-refractivity contribution in [2.24, 2.45) is 0 Å². The second kappa shape index (κ2) is 5.14. The highest BCUT2D eigenvalue weighted by Crippen LogP contribution is 2.17. The van der Waals surface area contributed by atoms with E-state index in [4.69, 9.17) is 4.74 Å². The lowest BCUT2D eigenvalue weighted by atomic mass is 10.0. The molecule has 0 amide bonds. The summed E-state index contributed by atoms with van der Waals surface area (Å²) in [6, 6.07) is 6.62. The number of aryl methyl sites for hydroxylation is 1. The molecular weight excluding hydrogens is 232 g/mol. The zero-order valence-corrected chi connectivity index (χ0v) is 10.7. The van der Waals surface area contributed by atoms with E-state index in [1.807, 2.05) is 6.92 Å². The second-order valence-electron chi connectivity index (χ2n) is 4.35. The molecule has 0 saturated heterocycles. The lowest BCUT2D eigenvalue weighted by Gasteiger charge is -2.22. The van der Waals surface area contributed by atoms with Crippen molar-refractivity contribution >= 4 is 11.8 Å². The molecule has 0 heterocycles. The number of hydrogen-bond donors (Lipinski definition) is 1. The van der Waals surface area contributed by atoms with Crippen LogP contribution in [0.2, 0.25) is 0 Å². The van der Waals surface area contributed by atoms with Crippen LogP contribution in [0.3, 0.4) is 0 Å². The molecule has 0 aromatic heterocycles. The van der Waals surface area contributed by atoms with Gasteiger partial charge in [-0.25, -0.2) is 4.79 Å². The number of esters is 1. The van der Waals surface area contributed by atoms with E-state index in [2.05, 4.69) is 6.58 Å². The van der Waals surface area contributed by atoms with Gasteiger partial charge in [0.15, 0.2) is 0 Å². The van der Waals surface area contributed by atoms with E-state index in [9.17, 15) is 14.7 Å². The Morgan fingerprint density at radius 2 is 1.78 bits per heavy atom. The van der Waals surface area contributed by atoms with Gasteiger partial charge in [-0.05, 0) is 13.8 Å². The molecule has 1 aromatic rings. The maximum atomic E-state index is 12.0. The number of ether oxygens (including phenoxy) is 1. The smallest absolute Gasteiger partial charge is 0.335 e. The van der Waals surface area contributed by atoms with Gasteiger partial charge in [0, 0.05) is 18.1 Å². The number of Topliss-reactive ketones (excluding diaryl/α,β-unsaturated/α-hetero) is 1. The Morgan fingerprint density at radius 3 is 2.22 bits per heavy atom. The Morgan fingerprint density at radius 1 is 1.28 bits per heavy atom. The van der Waals surface area contributed by atoms with Gasteiger partial charge in [0.1, 0.15) is 0 Å². The van der Waals surface area contributed by atoms with E-state index in [-0.39, 0.29) is 11.1 Å². The summed E-state index contributed by atoms with van der Waals surface area (Å²) < 4.78 is 4.71. The van der Waals surface area contributed by atoms with Crippen LogP contribution in [0.5, 0.6) is 0 Å². The van der Waals surface area contributed by atoms with Crippen LogP contribution in [0, 0.1) is 6.92 Å². The van der Waals surface area contributed by atoms with Crippen molar-refractivity contribution in [2.75, 3.05) is 0 Å². The summed E-state index contributed by atoms with van der Waals surface area (Å²) in [5, 5.41) is 9.89. The average molecular weight is 248 g/mol. The first kappa shape index (κ1) is 14.1. The molecule has 18 heavy (non-hydrogen) atoms. The number of hydrogen-bond acceptors (Lipinski definition) is 4. The first-order chi connectivity index (χ1) is 8.24. The van der Waals surface area contributed by atoms with Crippen LogP contribution in [0.25, 0.3) is 0 Å². The van der Waals surface area contributed by atoms with Crippen LogP contribution >= 0.6 is 0 Å². The zero-order chi connectivity index (χ0) is 13.9. The van der Waals surface area contributed by atoms with Crippen molar-refractivity contribution in [1.29, 1.82) is 0 Å². The molecule has 0 saturated carbocycles. The topological polar surface area (TPSA) is 63.6 Å². The molecule has 4 heteroatoms. The summed E-state index contributed by atoms with van der Waals surface area (Å²) in [6.07, 6.45) is 0. The first-order valence-electron chi connectivity index (χ1n) is 5.47. The van der Waals surface area contributed by atoms with Gasteiger partial charge in [-0.1, -0.05) is 36.4 Å². The zero-order valence-electron chi connectivity index (χ0n) is 10.7. The lowest BCUT2D eigenvalue weighted by Crippen LogP contribution is -2.40. The van der Waals surface area contributed by atoms with E-state index < -0.39 is 17.5 Å². The van der Waals surface area contributed by atoms with Crippen molar-refractivity contribution in [3.63, 3.8) is 0 Å². The summed E-state index contributed by atoms with van der Waals surface area (Å²) in [6.45, 7) is 7.84. The van der Waals surface area contributed by atoms with Gasteiger partial charge in [0.25, 0.3) is 5.79 Å². The number of aliphatic hydroxyl groups is 1. The minimum absolute atomic E-state index is 0.118. The number of carbonyl (C=O) groups excluding carboxylic acids is 2. The molecule has 1 unspecified atom stereocenters. The van der Waals surface area contributed by atoms with Crippen molar-refractivity contribution in [3.05, 3.63) is 47.5 Å². The number of carbonyl (C=O) groups is 2. The van der Waals surface area contributed by atoms with Crippen molar-refractivity contribution in [2.45, 2.75) is 26.6 Å². The quantitative estimate of drug-likeness (QED) is 0.383. The number of benzene rings is 1. The summed E-state index contributed by atoms with van der Waals surface area (Å²) in [5.74, 6) is -3.66. The molecule has 1 N–H and O–H groups in total. The van der Waals surface area contributed by atoms with Crippen LogP contribution in [0.15, 0.2) is 36.4 Å². The van der Waals surface area contributed by atoms with E-state index in [0.29, 0.717) is 0 Å². The Balaban J connectivity index is 2.91. The van der Waals surface area contributed by atoms with Crippen molar-refractivity contribution in [1.82, 2.24) is 0 Å². The van der Waals surface area contributed by atoms with Crippen LogP contribution in [0.1, 0.15) is 29.8 Å². The van der Waals surface area contributed by atoms with Crippen molar-refractivity contribution in [3.8, 4) is 0 Å². The summed E-state index contributed by atoms with van der Waals surface area (Å²) in [4.78, 5) is 23.3. The van der Waals surface area contributed by atoms with Gasteiger partial charge < -0.3 is 9.84 Å². The molecule has 0 spiro atoms. The fourth-order valence-electron chi connectivity index (χ4n) is 1.29. The SMILES string of the molecule is C=C(C)C(=O)OC(C)(O)C(=O)c1ccc(C)cc1. The van der Waals surface area contributed by atoms with Crippen molar-refractivity contribution < 1.29 is 19.4 Å². The van der Waals surface area contributed by atoms with Gasteiger partial charge in [0.05, 0.1) is 0 Å². The molecule has 0 fully saturated rings. The Bertz CT molecular complexity index is 483. The van der Waals surface area contributed by atoms with E-state index >= 15 is 0 Å². The predicted octanol–water partition coefficient (Wildman–Crippen LogP) is 2.01. The highest BCUT2D eigenvalue weighted by atomic mass is 16.7. The normalized spacial score (nSPS) is 13.6. The molecule has 0 radical (unpaired) electrons. The standard InChI is InChI=1S/C14H16O4/c1-9(2)13(16)18-14(4,17)12(15)11-7-5-10(3)6-8-11/h5-8,17H,1H2,2-4H3. The fraction of sp³-hybridized carbons (Fsp3) is 0.286. The Labute approximate surface area is 106 Å². The van der Waals surface area contributed by atoms with Crippen LogP contribution in [-0.2, 0) is 9.53 Å².